The van der Waals surface area contributed by atoms with E-state index in [0.717, 1.165) is 25.1 Å². The number of hydrogen-bond acceptors (Lipinski definition) is 4. The third kappa shape index (κ3) is 3.78. The van der Waals surface area contributed by atoms with Gasteiger partial charge in [0, 0.05) is 30.2 Å². The summed E-state index contributed by atoms with van der Waals surface area (Å²) in [6.07, 6.45) is -1.15. The first-order valence-corrected chi connectivity index (χ1v) is 9.44. The Bertz CT molecular complexity index is 889. The summed E-state index contributed by atoms with van der Waals surface area (Å²) in [5.41, 5.74) is -0.483. The zero-order chi connectivity index (χ0) is 20.1. The summed E-state index contributed by atoms with van der Waals surface area (Å²) in [5, 5.41) is 3.00. The minimum Gasteiger partial charge on any atom is -0.441 e. The molecule has 0 radical (unpaired) electrons. The lowest BCUT2D eigenvalue weighted by atomic mass is 10.1. The molecule has 2 atom stereocenters. The Balaban J connectivity index is 1.49. The van der Waals surface area contributed by atoms with Gasteiger partial charge in [-0.1, -0.05) is 6.07 Å². The van der Waals surface area contributed by atoms with Gasteiger partial charge >= 0.3 is 6.18 Å². The average Bonchev–Trinajstić information content (AvgIpc) is 3.30. The van der Waals surface area contributed by atoms with Crippen LogP contribution in [-0.4, -0.2) is 40.5 Å². The fraction of sp³-hybridized carbons (Fsp3) is 0.500. The maximum Gasteiger partial charge on any atom is 0.416 e. The van der Waals surface area contributed by atoms with Crippen LogP contribution >= 0.6 is 0 Å². The molecule has 8 heteroatoms. The van der Waals surface area contributed by atoms with Crippen LogP contribution in [0.3, 0.4) is 0 Å². The lowest BCUT2D eigenvalue weighted by Gasteiger charge is -2.19. The lowest BCUT2D eigenvalue weighted by Crippen LogP contribution is -2.38. The molecule has 2 heterocycles. The molecule has 2 unspecified atom stereocenters. The predicted octanol–water partition coefficient (Wildman–Crippen LogP) is 4.02. The van der Waals surface area contributed by atoms with Gasteiger partial charge in [0.1, 0.15) is 5.76 Å². The Morgan fingerprint density at radius 1 is 1.32 bits per heavy atom. The van der Waals surface area contributed by atoms with Crippen molar-refractivity contribution < 1.29 is 22.4 Å². The molecule has 4 rings (SSSR count). The molecule has 1 saturated heterocycles. The lowest BCUT2D eigenvalue weighted by molar-refractivity contribution is -0.137. The van der Waals surface area contributed by atoms with Crippen molar-refractivity contribution in [1.29, 1.82) is 0 Å². The molecule has 1 aliphatic heterocycles. The SMILES string of the molecule is Cc1oc(-c2cccc(C(F)(F)F)c2)nc1C(=O)NC1CC(C)N(C2CC2)C1. The topological polar surface area (TPSA) is 58.4 Å². The predicted molar refractivity (Wildman–Crippen MR) is 96.7 cm³/mol. The van der Waals surface area contributed by atoms with Crippen LogP contribution in [0.4, 0.5) is 13.2 Å². The Morgan fingerprint density at radius 2 is 2.07 bits per heavy atom. The molecule has 28 heavy (non-hydrogen) atoms. The monoisotopic (exact) mass is 393 g/mol. The number of oxazole rings is 1. The number of halogens is 3. The second-order valence-corrected chi connectivity index (χ2v) is 7.69. The Kier molecular flexibility index (Phi) is 4.69. The van der Waals surface area contributed by atoms with E-state index in [4.69, 9.17) is 4.42 Å². The van der Waals surface area contributed by atoms with E-state index in [-0.39, 0.29) is 34.9 Å². The molecule has 2 fully saturated rings. The standard InChI is InChI=1S/C20H22F3N3O2/c1-11-8-15(10-26(11)16-6-7-16)24-18(27)17-12(2)28-19(25-17)13-4-3-5-14(9-13)20(21,22)23/h3-5,9,11,15-16H,6-8,10H2,1-2H3,(H,24,27). The number of amides is 1. The Hall–Kier alpha value is -2.35. The normalized spacial score (nSPS) is 23.2. The quantitative estimate of drug-likeness (QED) is 0.852. The van der Waals surface area contributed by atoms with Crippen LogP contribution in [0, 0.1) is 6.92 Å². The highest BCUT2D eigenvalue weighted by Crippen LogP contribution is 2.34. The van der Waals surface area contributed by atoms with Crippen LogP contribution in [-0.2, 0) is 6.18 Å². The third-order valence-electron chi connectivity index (χ3n) is 5.42. The zero-order valence-electron chi connectivity index (χ0n) is 15.7. The van der Waals surface area contributed by atoms with Gasteiger partial charge in [0.25, 0.3) is 5.91 Å². The number of aromatic nitrogens is 1. The van der Waals surface area contributed by atoms with Gasteiger partial charge in [0.15, 0.2) is 5.69 Å². The number of hydrogen-bond donors (Lipinski definition) is 1. The van der Waals surface area contributed by atoms with Crippen molar-refractivity contribution in [3.8, 4) is 11.5 Å². The molecule has 150 valence electrons. The summed E-state index contributed by atoms with van der Waals surface area (Å²) in [6, 6.07) is 5.84. The first kappa shape index (κ1) is 19.0. The van der Waals surface area contributed by atoms with Crippen LogP contribution in [0.5, 0.6) is 0 Å². The van der Waals surface area contributed by atoms with Gasteiger partial charge < -0.3 is 9.73 Å². The fourth-order valence-corrected chi connectivity index (χ4v) is 3.89. The molecule has 1 aromatic carbocycles. The minimum absolute atomic E-state index is 0.00754. The largest absolute Gasteiger partial charge is 0.441 e. The first-order chi connectivity index (χ1) is 13.2. The molecule has 1 N–H and O–H groups in total. The highest BCUT2D eigenvalue weighted by molar-refractivity contribution is 5.94. The van der Waals surface area contributed by atoms with Crippen LogP contribution < -0.4 is 5.32 Å². The highest BCUT2D eigenvalue weighted by atomic mass is 19.4. The molecule has 2 aliphatic rings. The number of nitrogens with one attached hydrogen (secondary N) is 1. The molecular formula is C20H22F3N3O2. The fourth-order valence-electron chi connectivity index (χ4n) is 3.89. The van der Waals surface area contributed by atoms with Crippen LogP contribution in [0.25, 0.3) is 11.5 Å². The van der Waals surface area contributed by atoms with Gasteiger partial charge in [-0.3, -0.25) is 9.69 Å². The van der Waals surface area contributed by atoms with E-state index in [9.17, 15) is 18.0 Å². The number of carbonyl (C=O) groups is 1. The molecule has 1 aromatic heterocycles. The summed E-state index contributed by atoms with van der Waals surface area (Å²) in [5.74, 6) is -0.0579. The van der Waals surface area contributed by atoms with E-state index in [2.05, 4.69) is 22.1 Å². The molecular weight excluding hydrogens is 371 g/mol. The van der Waals surface area contributed by atoms with Gasteiger partial charge in [0.2, 0.25) is 5.89 Å². The van der Waals surface area contributed by atoms with Gasteiger partial charge in [-0.05, 0) is 51.3 Å². The molecule has 5 nitrogen and oxygen atoms in total. The zero-order valence-corrected chi connectivity index (χ0v) is 15.7. The van der Waals surface area contributed by atoms with E-state index >= 15 is 0 Å². The van der Waals surface area contributed by atoms with Crippen LogP contribution in [0.2, 0.25) is 0 Å². The molecule has 0 bridgehead atoms. The minimum atomic E-state index is -4.45. The number of aryl methyl sites for hydroxylation is 1. The van der Waals surface area contributed by atoms with E-state index in [1.807, 2.05) is 0 Å². The molecule has 1 saturated carbocycles. The summed E-state index contributed by atoms with van der Waals surface area (Å²) in [4.78, 5) is 19.3. The summed E-state index contributed by atoms with van der Waals surface area (Å²) < 4.78 is 44.3. The average molecular weight is 393 g/mol. The van der Waals surface area contributed by atoms with E-state index in [0.29, 0.717) is 12.1 Å². The second-order valence-electron chi connectivity index (χ2n) is 7.69. The smallest absolute Gasteiger partial charge is 0.416 e. The maximum absolute atomic E-state index is 12.9. The number of benzene rings is 1. The maximum atomic E-state index is 12.9. The van der Waals surface area contributed by atoms with Crippen molar-refractivity contribution in [2.75, 3.05) is 6.54 Å². The third-order valence-corrected chi connectivity index (χ3v) is 5.42. The summed E-state index contributed by atoms with van der Waals surface area (Å²) in [7, 11) is 0. The second kappa shape index (κ2) is 6.92. The van der Waals surface area contributed by atoms with Crippen molar-refractivity contribution >= 4 is 5.91 Å². The molecule has 2 aromatic rings. The van der Waals surface area contributed by atoms with Crippen molar-refractivity contribution in [2.45, 2.75) is 57.4 Å². The van der Waals surface area contributed by atoms with E-state index < -0.39 is 11.7 Å². The number of carbonyl (C=O) groups excluding carboxylic acids is 1. The molecule has 1 aliphatic carbocycles. The highest BCUT2D eigenvalue weighted by Gasteiger charge is 2.39. The van der Waals surface area contributed by atoms with Crippen molar-refractivity contribution in [3.63, 3.8) is 0 Å². The number of nitrogens with zero attached hydrogens (tertiary/aromatic N) is 2. The molecule has 0 spiro atoms. The van der Waals surface area contributed by atoms with E-state index in [1.165, 1.54) is 25.0 Å². The van der Waals surface area contributed by atoms with Crippen LogP contribution in [0.15, 0.2) is 28.7 Å². The number of alkyl halides is 3. The van der Waals surface area contributed by atoms with Crippen molar-refractivity contribution in [3.05, 3.63) is 41.3 Å². The van der Waals surface area contributed by atoms with Gasteiger partial charge in [-0.15, -0.1) is 0 Å². The van der Waals surface area contributed by atoms with Crippen molar-refractivity contribution in [1.82, 2.24) is 15.2 Å². The van der Waals surface area contributed by atoms with Gasteiger partial charge in [0.05, 0.1) is 5.56 Å². The number of likely N-dealkylation sites (tertiary alicyclic amines) is 1. The van der Waals surface area contributed by atoms with E-state index in [1.54, 1.807) is 6.92 Å². The Morgan fingerprint density at radius 3 is 2.75 bits per heavy atom. The summed E-state index contributed by atoms with van der Waals surface area (Å²) >= 11 is 0. The Labute approximate surface area is 160 Å². The summed E-state index contributed by atoms with van der Waals surface area (Å²) in [6.45, 7) is 4.57. The first-order valence-electron chi connectivity index (χ1n) is 9.44. The van der Waals surface area contributed by atoms with Crippen molar-refractivity contribution in [2.24, 2.45) is 0 Å². The number of rotatable bonds is 4. The van der Waals surface area contributed by atoms with Gasteiger partial charge in [-0.2, -0.15) is 13.2 Å². The van der Waals surface area contributed by atoms with Gasteiger partial charge in [-0.25, -0.2) is 4.98 Å². The van der Waals surface area contributed by atoms with Crippen LogP contribution in [0.1, 0.15) is 48.0 Å². The molecule has 1 amide bonds.